The third kappa shape index (κ3) is 6.21. The lowest BCUT2D eigenvalue weighted by molar-refractivity contribution is -0.289. The van der Waals surface area contributed by atoms with Crippen LogP contribution in [0.1, 0.15) is 42.0 Å². The van der Waals surface area contributed by atoms with Crippen LogP contribution in [-0.4, -0.2) is 44.4 Å². The van der Waals surface area contributed by atoms with E-state index >= 15 is 8.78 Å². The van der Waals surface area contributed by atoms with Gasteiger partial charge in [0.1, 0.15) is 11.3 Å². The molecule has 1 N–H and O–H groups in total. The summed E-state index contributed by atoms with van der Waals surface area (Å²) in [7, 11) is 3.71. The number of ether oxygens (including phenoxy) is 1. The second-order valence-corrected chi connectivity index (χ2v) is 11.1. The van der Waals surface area contributed by atoms with Gasteiger partial charge in [0.15, 0.2) is 0 Å². The van der Waals surface area contributed by atoms with E-state index in [9.17, 15) is 13.2 Å². The zero-order chi connectivity index (χ0) is 30.1. The van der Waals surface area contributed by atoms with E-state index in [1.54, 1.807) is 61.4 Å². The van der Waals surface area contributed by atoms with E-state index in [1.807, 2.05) is 13.1 Å². The van der Waals surface area contributed by atoms with Crippen LogP contribution in [0.15, 0.2) is 65.8 Å². The first kappa shape index (κ1) is 29.8. The predicted octanol–water partition coefficient (Wildman–Crippen LogP) is 7.91. The molecule has 4 aromatic rings. The van der Waals surface area contributed by atoms with Crippen LogP contribution in [0.25, 0.3) is 11.3 Å². The Balaban J connectivity index is 1.65. The van der Waals surface area contributed by atoms with Gasteiger partial charge < -0.3 is 4.74 Å². The quantitative estimate of drug-likeness (QED) is 0.162. The summed E-state index contributed by atoms with van der Waals surface area (Å²) < 4.78 is 82.9. The number of alkyl halides is 5. The Kier molecular flexibility index (Phi) is 8.42. The van der Waals surface area contributed by atoms with Crippen molar-refractivity contribution in [3.63, 3.8) is 0 Å². The molecule has 0 radical (unpaired) electrons. The highest BCUT2D eigenvalue weighted by Crippen LogP contribution is 2.51. The number of hydrogen-bond donors (Lipinski definition) is 1. The summed E-state index contributed by atoms with van der Waals surface area (Å²) in [5, 5.41) is 4.07. The summed E-state index contributed by atoms with van der Waals surface area (Å²) in [6, 6.07) is 13.1. The lowest BCUT2D eigenvalue weighted by Crippen LogP contribution is -2.35. The first-order chi connectivity index (χ1) is 19.9. The smallest absolute Gasteiger partial charge is 0.438 e. The van der Waals surface area contributed by atoms with Crippen molar-refractivity contribution in [2.45, 2.75) is 49.2 Å². The Morgan fingerprint density at radius 1 is 1.00 bits per heavy atom. The second-order valence-electron chi connectivity index (χ2n) is 10.2. The van der Waals surface area contributed by atoms with Crippen LogP contribution in [0.3, 0.4) is 0 Å². The van der Waals surface area contributed by atoms with Crippen LogP contribution in [0.5, 0.6) is 11.6 Å². The fourth-order valence-corrected chi connectivity index (χ4v) is 5.57. The van der Waals surface area contributed by atoms with E-state index in [0.29, 0.717) is 10.5 Å². The van der Waals surface area contributed by atoms with E-state index < -0.39 is 29.2 Å². The van der Waals surface area contributed by atoms with Gasteiger partial charge >= 0.3 is 12.1 Å². The van der Waals surface area contributed by atoms with Crippen molar-refractivity contribution in [2.75, 3.05) is 18.3 Å². The monoisotopic (exact) mass is 604 g/mol. The molecular weight excluding hydrogens is 575 g/mol. The molecule has 13 heteroatoms. The van der Waals surface area contributed by atoms with Crippen LogP contribution in [-0.2, 0) is 13.0 Å². The van der Waals surface area contributed by atoms with Crippen molar-refractivity contribution in [3.05, 3.63) is 77.6 Å². The summed E-state index contributed by atoms with van der Waals surface area (Å²) in [6.45, 7) is 2.50. The molecule has 2 aromatic carbocycles. The molecular formula is C29H29F5N6OS. The van der Waals surface area contributed by atoms with E-state index in [4.69, 9.17) is 4.74 Å². The van der Waals surface area contributed by atoms with Crippen LogP contribution in [0.4, 0.5) is 27.9 Å². The summed E-state index contributed by atoms with van der Waals surface area (Å²) in [5.74, 6) is -6.34. The van der Waals surface area contributed by atoms with Crippen LogP contribution < -0.4 is 9.46 Å². The lowest BCUT2D eigenvalue weighted by Gasteiger charge is -2.33. The van der Waals surface area contributed by atoms with Gasteiger partial charge in [0, 0.05) is 24.8 Å². The highest BCUT2D eigenvalue weighted by molar-refractivity contribution is 8.00. The highest BCUT2D eigenvalue weighted by Gasteiger charge is 2.62. The third-order valence-electron chi connectivity index (χ3n) is 7.12. The molecule has 222 valence electrons. The van der Waals surface area contributed by atoms with Gasteiger partial charge in [-0.2, -0.15) is 32.0 Å². The Labute approximate surface area is 244 Å². The predicted molar refractivity (Wildman–Crippen MR) is 151 cm³/mol. The molecule has 42 heavy (non-hydrogen) atoms. The summed E-state index contributed by atoms with van der Waals surface area (Å²) in [5.41, 5.74) is -0.623. The maximum atomic E-state index is 15.4. The molecule has 7 nitrogen and oxygen atoms in total. The topological polar surface area (TPSA) is 68.1 Å². The number of aromatic nitrogens is 4. The summed E-state index contributed by atoms with van der Waals surface area (Å²) in [6.07, 6.45) is 0.292. The minimum Gasteiger partial charge on any atom is -0.438 e. The fourth-order valence-electron chi connectivity index (χ4n) is 4.97. The van der Waals surface area contributed by atoms with Gasteiger partial charge in [-0.1, -0.05) is 42.8 Å². The SMILES string of the molecule is Cc1ccccc1-c1nc(NSc2cnn(C)c2)nc(Oc2cccc(C3CCCCN3C)c2)c1C(F)(F)C(F)(F)F. The zero-order valence-electron chi connectivity index (χ0n) is 23.1. The van der Waals surface area contributed by atoms with Gasteiger partial charge in [-0.3, -0.25) is 14.3 Å². The van der Waals surface area contributed by atoms with E-state index in [2.05, 4.69) is 24.7 Å². The van der Waals surface area contributed by atoms with Crippen molar-refractivity contribution in [3.8, 4) is 22.9 Å². The second kappa shape index (κ2) is 11.9. The minimum atomic E-state index is -5.93. The largest absolute Gasteiger partial charge is 0.458 e. The number of piperidine rings is 1. The molecule has 3 heterocycles. The number of benzene rings is 2. The molecule has 5 rings (SSSR count). The number of rotatable bonds is 8. The highest BCUT2D eigenvalue weighted by atomic mass is 32.2. The first-order valence-electron chi connectivity index (χ1n) is 13.3. The zero-order valence-corrected chi connectivity index (χ0v) is 23.9. The third-order valence-corrected chi connectivity index (χ3v) is 7.85. The maximum Gasteiger partial charge on any atom is 0.458 e. The molecule has 1 aliphatic heterocycles. The van der Waals surface area contributed by atoms with E-state index in [1.165, 1.54) is 12.1 Å². The number of likely N-dealkylation sites (tertiary alicyclic amines) is 1. The standard InChI is InChI=1S/C29H29F5N6OS/c1-18-9-4-5-12-22(18)25-24(28(30,31)29(32,33)34)26(37-27(36-25)38-42-21-16-35-40(3)17-21)41-20-11-8-10-19(15-20)23-13-6-7-14-39(23)2/h4-5,8-12,15-17,23H,6-7,13-14H2,1-3H3,(H,36,37,38). The Hall–Kier alpha value is -3.71. The normalized spacial score (nSPS) is 16.4. The first-order valence-corrected chi connectivity index (χ1v) is 14.1. The maximum absolute atomic E-state index is 15.4. The number of halogens is 5. The molecule has 2 aromatic heterocycles. The van der Waals surface area contributed by atoms with Crippen molar-refractivity contribution < 1.29 is 26.7 Å². The van der Waals surface area contributed by atoms with Gasteiger partial charge in [0.05, 0.1) is 16.8 Å². The van der Waals surface area contributed by atoms with E-state index in [-0.39, 0.29) is 23.3 Å². The molecule has 1 aliphatic rings. The Morgan fingerprint density at radius 2 is 1.79 bits per heavy atom. The molecule has 0 aliphatic carbocycles. The molecule has 0 amide bonds. The van der Waals surface area contributed by atoms with Crippen LogP contribution in [0.2, 0.25) is 0 Å². The van der Waals surface area contributed by atoms with Gasteiger partial charge in [0.25, 0.3) is 0 Å². The van der Waals surface area contributed by atoms with Gasteiger partial charge in [-0.15, -0.1) is 0 Å². The molecule has 1 fully saturated rings. The molecule has 0 spiro atoms. The van der Waals surface area contributed by atoms with Crippen LogP contribution >= 0.6 is 11.9 Å². The van der Waals surface area contributed by atoms with Crippen molar-refractivity contribution in [2.24, 2.45) is 7.05 Å². The molecule has 1 atom stereocenters. The number of anilines is 1. The van der Waals surface area contributed by atoms with Gasteiger partial charge in [-0.05, 0) is 68.6 Å². The summed E-state index contributed by atoms with van der Waals surface area (Å²) in [4.78, 5) is 11.1. The fraction of sp³-hybridized carbons (Fsp3) is 0.345. The number of nitrogens with zero attached hydrogens (tertiary/aromatic N) is 5. The Morgan fingerprint density at radius 3 is 2.48 bits per heavy atom. The number of aryl methyl sites for hydroxylation is 2. The van der Waals surface area contributed by atoms with E-state index in [0.717, 1.165) is 43.3 Å². The van der Waals surface area contributed by atoms with Crippen LogP contribution in [0, 0.1) is 6.92 Å². The summed E-state index contributed by atoms with van der Waals surface area (Å²) >= 11 is 1.03. The Bertz CT molecular complexity index is 1560. The van der Waals surface area contributed by atoms with Crippen molar-refractivity contribution in [1.82, 2.24) is 24.6 Å². The number of hydrogen-bond acceptors (Lipinski definition) is 7. The lowest BCUT2D eigenvalue weighted by atomic mass is 9.96. The van der Waals surface area contributed by atoms with Crippen molar-refractivity contribution >= 4 is 17.9 Å². The van der Waals surface area contributed by atoms with Crippen molar-refractivity contribution in [1.29, 1.82) is 0 Å². The number of nitrogens with one attached hydrogen (secondary N) is 1. The average molecular weight is 605 g/mol. The average Bonchev–Trinajstić information content (AvgIpc) is 3.36. The molecule has 1 saturated heterocycles. The molecule has 0 saturated carbocycles. The molecule has 0 bridgehead atoms. The minimum absolute atomic E-state index is 0.0689. The van der Waals surface area contributed by atoms with Gasteiger partial charge in [-0.25, -0.2) is 4.98 Å². The molecule has 1 unspecified atom stereocenters. The van der Waals surface area contributed by atoms with Gasteiger partial charge in [0.2, 0.25) is 11.8 Å².